The van der Waals surface area contributed by atoms with Gasteiger partial charge in [0.15, 0.2) is 0 Å². The molecule has 1 aromatic carbocycles. The molecule has 17 heavy (non-hydrogen) atoms. The van der Waals surface area contributed by atoms with E-state index in [9.17, 15) is 0 Å². The molecule has 0 unspecified atom stereocenters. The third-order valence-electron chi connectivity index (χ3n) is 2.25. The number of benzene rings is 1. The van der Waals surface area contributed by atoms with Gasteiger partial charge in [-0.1, -0.05) is 29.5 Å². The summed E-state index contributed by atoms with van der Waals surface area (Å²) >= 11 is 1.54. The standard InChI is InChI=1S/C12H15N3OS/c1-9-4-2-5-10(8-9)11-14-15-12(16-11)17-7-3-6-13/h2,4-5,8H,3,6-7,13H2,1H3. The first-order valence-electron chi connectivity index (χ1n) is 5.53. The Morgan fingerprint density at radius 2 is 2.24 bits per heavy atom. The molecule has 0 aliphatic heterocycles. The van der Waals surface area contributed by atoms with Crippen LogP contribution in [0.1, 0.15) is 12.0 Å². The predicted molar refractivity (Wildman–Crippen MR) is 68.9 cm³/mol. The fourth-order valence-electron chi connectivity index (χ4n) is 1.41. The predicted octanol–water partition coefficient (Wildman–Crippen LogP) is 2.49. The average Bonchev–Trinajstić information content (AvgIpc) is 2.78. The first-order chi connectivity index (χ1) is 8.29. The van der Waals surface area contributed by atoms with Crippen LogP contribution in [-0.4, -0.2) is 22.5 Å². The van der Waals surface area contributed by atoms with E-state index in [1.165, 1.54) is 5.56 Å². The molecule has 2 rings (SSSR count). The maximum absolute atomic E-state index is 5.57. The molecule has 2 aromatic rings. The van der Waals surface area contributed by atoms with Gasteiger partial charge in [-0.3, -0.25) is 0 Å². The van der Waals surface area contributed by atoms with Crippen molar-refractivity contribution in [2.45, 2.75) is 18.6 Å². The Morgan fingerprint density at radius 3 is 3.00 bits per heavy atom. The van der Waals surface area contributed by atoms with Crippen molar-refractivity contribution in [1.82, 2.24) is 10.2 Å². The van der Waals surface area contributed by atoms with Crippen LogP contribution in [0.15, 0.2) is 33.9 Å². The molecule has 0 aliphatic rings. The Hall–Kier alpha value is -1.33. The summed E-state index contributed by atoms with van der Waals surface area (Å²) in [6.07, 6.45) is 0.951. The van der Waals surface area contributed by atoms with Gasteiger partial charge in [0.2, 0.25) is 5.89 Å². The monoisotopic (exact) mass is 249 g/mol. The normalized spacial score (nSPS) is 10.7. The van der Waals surface area contributed by atoms with Crippen LogP contribution < -0.4 is 5.73 Å². The first-order valence-corrected chi connectivity index (χ1v) is 6.51. The zero-order valence-corrected chi connectivity index (χ0v) is 10.5. The fourth-order valence-corrected chi connectivity index (χ4v) is 2.13. The second-order valence-electron chi connectivity index (χ2n) is 3.73. The van der Waals surface area contributed by atoms with Crippen molar-refractivity contribution in [3.8, 4) is 11.5 Å². The van der Waals surface area contributed by atoms with Crippen molar-refractivity contribution in [2.75, 3.05) is 12.3 Å². The maximum atomic E-state index is 5.57. The summed E-state index contributed by atoms with van der Waals surface area (Å²) in [7, 11) is 0. The molecule has 0 amide bonds. The van der Waals surface area contributed by atoms with E-state index in [4.69, 9.17) is 10.2 Å². The molecule has 2 N–H and O–H groups in total. The number of hydrogen-bond acceptors (Lipinski definition) is 5. The Labute approximate surface area is 105 Å². The van der Waals surface area contributed by atoms with Gasteiger partial charge in [0.25, 0.3) is 5.22 Å². The van der Waals surface area contributed by atoms with Gasteiger partial charge < -0.3 is 10.2 Å². The number of aryl methyl sites for hydroxylation is 1. The summed E-state index contributed by atoms with van der Waals surface area (Å²) in [4.78, 5) is 0. The lowest BCUT2D eigenvalue weighted by Gasteiger charge is -1.96. The largest absolute Gasteiger partial charge is 0.411 e. The SMILES string of the molecule is Cc1cccc(-c2nnc(SCCCN)o2)c1. The van der Waals surface area contributed by atoms with Crippen LogP contribution in [0.5, 0.6) is 0 Å². The molecule has 1 heterocycles. The number of nitrogens with two attached hydrogens (primary N) is 1. The van der Waals surface area contributed by atoms with Crippen LogP contribution in [0.4, 0.5) is 0 Å². The zero-order chi connectivity index (χ0) is 12.1. The number of thioether (sulfide) groups is 1. The van der Waals surface area contributed by atoms with E-state index in [1.807, 2.05) is 31.2 Å². The molecule has 5 heteroatoms. The second-order valence-corrected chi connectivity index (χ2v) is 4.78. The van der Waals surface area contributed by atoms with Gasteiger partial charge in [0.1, 0.15) is 0 Å². The molecule has 0 fully saturated rings. The summed E-state index contributed by atoms with van der Waals surface area (Å²) in [5.41, 5.74) is 7.57. The van der Waals surface area contributed by atoms with Gasteiger partial charge in [-0.15, -0.1) is 10.2 Å². The van der Waals surface area contributed by atoms with Crippen molar-refractivity contribution in [3.63, 3.8) is 0 Å². The molecule has 90 valence electrons. The lowest BCUT2D eigenvalue weighted by molar-refractivity contribution is 0.466. The Kier molecular flexibility index (Phi) is 4.17. The van der Waals surface area contributed by atoms with Crippen molar-refractivity contribution in [1.29, 1.82) is 0 Å². The van der Waals surface area contributed by atoms with Gasteiger partial charge in [-0.2, -0.15) is 0 Å². The van der Waals surface area contributed by atoms with E-state index in [0.29, 0.717) is 17.7 Å². The summed E-state index contributed by atoms with van der Waals surface area (Å²) in [5, 5.41) is 8.64. The highest BCUT2D eigenvalue weighted by Gasteiger charge is 2.08. The molecule has 0 atom stereocenters. The Morgan fingerprint density at radius 1 is 1.35 bits per heavy atom. The zero-order valence-electron chi connectivity index (χ0n) is 9.72. The highest BCUT2D eigenvalue weighted by Crippen LogP contribution is 2.23. The summed E-state index contributed by atoms with van der Waals surface area (Å²) in [6, 6.07) is 8.02. The molecule has 0 spiro atoms. The molecule has 0 bridgehead atoms. The van der Waals surface area contributed by atoms with Crippen LogP contribution in [-0.2, 0) is 0 Å². The maximum Gasteiger partial charge on any atom is 0.276 e. The van der Waals surface area contributed by atoms with Crippen molar-refractivity contribution in [2.24, 2.45) is 5.73 Å². The first kappa shape index (κ1) is 12.1. The molecular weight excluding hydrogens is 234 g/mol. The number of hydrogen-bond donors (Lipinski definition) is 1. The topological polar surface area (TPSA) is 64.9 Å². The van der Waals surface area contributed by atoms with Gasteiger partial charge >= 0.3 is 0 Å². The van der Waals surface area contributed by atoms with E-state index in [2.05, 4.69) is 10.2 Å². The van der Waals surface area contributed by atoms with Crippen molar-refractivity contribution >= 4 is 11.8 Å². The smallest absolute Gasteiger partial charge is 0.276 e. The third-order valence-corrected chi connectivity index (χ3v) is 3.15. The highest BCUT2D eigenvalue weighted by atomic mass is 32.2. The Bertz CT molecular complexity index is 484. The highest BCUT2D eigenvalue weighted by molar-refractivity contribution is 7.99. The minimum absolute atomic E-state index is 0.573. The number of rotatable bonds is 5. The molecule has 0 saturated carbocycles. The van der Waals surface area contributed by atoms with Crippen molar-refractivity contribution < 1.29 is 4.42 Å². The lowest BCUT2D eigenvalue weighted by atomic mass is 10.1. The summed E-state index contributed by atoms with van der Waals surface area (Å²) < 4.78 is 5.57. The second kappa shape index (κ2) is 5.84. The van der Waals surface area contributed by atoms with Gasteiger partial charge in [-0.25, -0.2) is 0 Å². The Balaban J connectivity index is 2.07. The summed E-state index contributed by atoms with van der Waals surface area (Å²) in [6.45, 7) is 2.72. The van der Waals surface area contributed by atoms with Crippen LogP contribution in [0.25, 0.3) is 11.5 Å². The van der Waals surface area contributed by atoms with Gasteiger partial charge in [0.05, 0.1) is 0 Å². The van der Waals surface area contributed by atoms with E-state index < -0.39 is 0 Å². The summed E-state index contributed by atoms with van der Waals surface area (Å²) in [5.74, 6) is 1.48. The third kappa shape index (κ3) is 3.31. The van der Waals surface area contributed by atoms with Crippen LogP contribution in [0, 0.1) is 6.92 Å². The quantitative estimate of drug-likeness (QED) is 0.651. The lowest BCUT2D eigenvalue weighted by Crippen LogP contribution is -1.99. The van der Waals surface area contributed by atoms with E-state index >= 15 is 0 Å². The fraction of sp³-hybridized carbons (Fsp3) is 0.333. The molecule has 0 saturated heterocycles. The minimum Gasteiger partial charge on any atom is -0.411 e. The van der Waals surface area contributed by atoms with E-state index in [1.54, 1.807) is 11.8 Å². The van der Waals surface area contributed by atoms with E-state index in [-0.39, 0.29) is 0 Å². The molecule has 4 nitrogen and oxygen atoms in total. The molecule has 1 aromatic heterocycles. The van der Waals surface area contributed by atoms with Crippen LogP contribution in [0.2, 0.25) is 0 Å². The molecule has 0 radical (unpaired) electrons. The van der Waals surface area contributed by atoms with Gasteiger partial charge in [0, 0.05) is 11.3 Å². The number of aromatic nitrogens is 2. The molecular formula is C12H15N3OS. The van der Waals surface area contributed by atoms with Crippen molar-refractivity contribution in [3.05, 3.63) is 29.8 Å². The van der Waals surface area contributed by atoms with Crippen LogP contribution >= 0.6 is 11.8 Å². The molecule has 0 aliphatic carbocycles. The minimum atomic E-state index is 0.573. The van der Waals surface area contributed by atoms with Crippen LogP contribution in [0.3, 0.4) is 0 Å². The average molecular weight is 249 g/mol. The van der Waals surface area contributed by atoms with Gasteiger partial charge in [-0.05, 0) is 32.0 Å². The number of nitrogens with zero attached hydrogens (tertiary/aromatic N) is 2. The van der Waals surface area contributed by atoms with E-state index in [0.717, 1.165) is 17.7 Å².